The summed E-state index contributed by atoms with van der Waals surface area (Å²) in [6, 6.07) is 7.25. The molecule has 0 bridgehead atoms. The van der Waals surface area contributed by atoms with Gasteiger partial charge in [0.25, 0.3) is 5.91 Å². The van der Waals surface area contributed by atoms with Gasteiger partial charge in [-0.05, 0) is 24.6 Å². The Kier molecular flexibility index (Phi) is 5.20. The van der Waals surface area contributed by atoms with Crippen LogP contribution >= 0.6 is 0 Å². The number of rotatable bonds is 5. The summed E-state index contributed by atoms with van der Waals surface area (Å²) in [6.45, 7) is 6.80. The van der Waals surface area contributed by atoms with Crippen LogP contribution in [0.1, 0.15) is 23.7 Å². The van der Waals surface area contributed by atoms with Crippen molar-refractivity contribution in [1.82, 2.24) is 9.80 Å². The quantitative estimate of drug-likeness (QED) is 0.781. The van der Waals surface area contributed by atoms with Crippen LogP contribution in [0.3, 0.4) is 0 Å². The number of ether oxygens (including phenoxy) is 1. The molecule has 5 heteroatoms. The van der Waals surface area contributed by atoms with Crippen LogP contribution in [0.2, 0.25) is 0 Å². The van der Waals surface area contributed by atoms with Gasteiger partial charge < -0.3 is 14.5 Å². The van der Waals surface area contributed by atoms with Crippen molar-refractivity contribution in [2.45, 2.75) is 19.4 Å². The van der Waals surface area contributed by atoms with Crippen molar-refractivity contribution in [3.8, 4) is 5.75 Å². The number of carbonyl (C=O) groups is 2. The minimum Gasteiger partial charge on any atom is -0.490 e. The molecule has 118 valence electrons. The predicted octanol–water partition coefficient (Wildman–Crippen LogP) is 1.94. The lowest BCUT2D eigenvalue weighted by Gasteiger charge is -2.23. The summed E-state index contributed by atoms with van der Waals surface area (Å²) in [5.41, 5.74) is 0.604. The first-order valence-corrected chi connectivity index (χ1v) is 7.39. The average molecular weight is 302 g/mol. The summed E-state index contributed by atoms with van der Waals surface area (Å²) in [5.74, 6) is 0.657. The molecule has 1 aliphatic rings. The molecule has 2 amide bonds. The molecule has 5 nitrogen and oxygen atoms in total. The Morgan fingerprint density at radius 3 is 2.95 bits per heavy atom. The number of carbonyl (C=O) groups excluding carboxylic acids is 2. The van der Waals surface area contributed by atoms with Gasteiger partial charge in [0, 0.05) is 32.6 Å². The Bertz CT molecular complexity index is 571. The molecule has 0 unspecified atom stereocenters. The zero-order valence-electron chi connectivity index (χ0n) is 13.1. The predicted molar refractivity (Wildman–Crippen MR) is 84.9 cm³/mol. The van der Waals surface area contributed by atoms with Gasteiger partial charge >= 0.3 is 0 Å². The largest absolute Gasteiger partial charge is 0.490 e. The second-order valence-corrected chi connectivity index (χ2v) is 5.45. The molecular weight excluding hydrogens is 280 g/mol. The summed E-state index contributed by atoms with van der Waals surface area (Å²) in [4.78, 5) is 27.5. The highest BCUT2D eigenvalue weighted by Crippen LogP contribution is 2.20. The maximum absolute atomic E-state index is 12.6. The number of nitrogens with zero attached hydrogens (tertiary/aromatic N) is 2. The molecule has 1 aromatic rings. The molecule has 1 saturated heterocycles. The van der Waals surface area contributed by atoms with Gasteiger partial charge in [-0.3, -0.25) is 9.59 Å². The third-order valence-corrected chi connectivity index (χ3v) is 3.94. The van der Waals surface area contributed by atoms with E-state index in [1.807, 2.05) is 6.07 Å². The Morgan fingerprint density at radius 1 is 1.50 bits per heavy atom. The van der Waals surface area contributed by atoms with Crippen LogP contribution in [0.15, 0.2) is 36.9 Å². The third-order valence-electron chi connectivity index (χ3n) is 3.94. The molecule has 1 heterocycles. The van der Waals surface area contributed by atoms with Gasteiger partial charge in [0.05, 0.1) is 6.04 Å². The first kappa shape index (κ1) is 16.1. The molecule has 0 aliphatic carbocycles. The van der Waals surface area contributed by atoms with E-state index in [1.54, 1.807) is 48.0 Å². The lowest BCUT2D eigenvalue weighted by molar-refractivity contribution is -0.129. The number of likely N-dealkylation sites (tertiary alicyclic amines) is 1. The van der Waals surface area contributed by atoms with Crippen LogP contribution in [-0.4, -0.2) is 54.4 Å². The molecule has 22 heavy (non-hydrogen) atoms. The van der Waals surface area contributed by atoms with E-state index in [2.05, 4.69) is 6.58 Å². The molecule has 1 fully saturated rings. The molecule has 0 saturated carbocycles. The first-order valence-electron chi connectivity index (χ1n) is 7.39. The van der Waals surface area contributed by atoms with E-state index in [0.717, 1.165) is 6.42 Å². The van der Waals surface area contributed by atoms with Gasteiger partial charge in [0.2, 0.25) is 5.91 Å². The minimum atomic E-state index is -0.0245. The number of benzene rings is 1. The fourth-order valence-electron chi connectivity index (χ4n) is 2.56. The maximum atomic E-state index is 12.6. The SMILES string of the molecule is C=CCOc1cccc(C(=O)N2CC[C@H](N(C)C(C)=O)C2)c1. The topological polar surface area (TPSA) is 49.9 Å². The Balaban J connectivity index is 2.03. The monoisotopic (exact) mass is 302 g/mol. The number of likely N-dealkylation sites (N-methyl/N-ethyl adjacent to an activating group) is 1. The summed E-state index contributed by atoms with van der Waals surface area (Å²) < 4.78 is 5.46. The van der Waals surface area contributed by atoms with Crippen molar-refractivity contribution in [1.29, 1.82) is 0 Å². The van der Waals surface area contributed by atoms with Crippen molar-refractivity contribution in [3.63, 3.8) is 0 Å². The highest BCUT2D eigenvalue weighted by molar-refractivity contribution is 5.94. The molecule has 1 aromatic carbocycles. The normalized spacial score (nSPS) is 17.2. The zero-order chi connectivity index (χ0) is 16.1. The van der Waals surface area contributed by atoms with E-state index >= 15 is 0 Å². The first-order chi connectivity index (χ1) is 10.5. The molecule has 1 atom stereocenters. The summed E-state index contributed by atoms with van der Waals surface area (Å²) in [6.07, 6.45) is 2.48. The van der Waals surface area contributed by atoms with Crippen molar-refractivity contribution >= 4 is 11.8 Å². The van der Waals surface area contributed by atoms with E-state index in [9.17, 15) is 9.59 Å². The van der Waals surface area contributed by atoms with Crippen LogP contribution in [0.5, 0.6) is 5.75 Å². The van der Waals surface area contributed by atoms with Crippen molar-refractivity contribution in [2.75, 3.05) is 26.7 Å². The molecule has 0 radical (unpaired) electrons. The van der Waals surface area contributed by atoms with Gasteiger partial charge in [-0.15, -0.1) is 0 Å². The highest BCUT2D eigenvalue weighted by Gasteiger charge is 2.30. The molecule has 0 spiro atoms. The van der Waals surface area contributed by atoms with E-state index in [-0.39, 0.29) is 17.9 Å². The van der Waals surface area contributed by atoms with Gasteiger partial charge in [-0.25, -0.2) is 0 Å². The average Bonchev–Trinajstić information content (AvgIpc) is 3.01. The van der Waals surface area contributed by atoms with Gasteiger partial charge in [0.15, 0.2) is 0 Å². The molecular formula is C17H22N2O3. The van der Waals surface area contributed by atoms with Crippen molar-refractivity contribution in [3.05, 3.63) is 42.5 Å². The molecule has 0 N–H and O–H groups in total. The molecule has 2 rings (SSSR count). The lowest BCUT2D eigenvalue weighted by Crippen LogP contribution is -2.38. The number of amides is 2. The van der Waals surface area contributed by atoms with E-state index < -0.39 is 0 Å². The van der Waals surface area contributed by atoms with Crippen LogP contribution in [-0.2, 0) is 4.79 Å². The van der Waals surface area contributed by atoms with Crippen molar-refractivity contribution < 1.29 is 14.3 Å². The lowest BCUT2D eigenvalue weighted by atomic mass is 10.2. The fraction of sp³-hybridized carbons (Fsp3) is 0.412. The molecule has 0 aromatic heterocycles. The standard InChI is InChI=1S/C17H22N2O3/c1-4-10-22-16-7-5-6-14(11-16)17(21)19-9-8-15(12-19)18(3)13(2)20/h4-7,11,15H,1,8-10,12H2,2-3H3/t15-/m0/s1. The van der Waals surface area contributed by atoms with Crippen LogP contribution in [0, 0.1) is 0 Å². The van der Waals surface area contributed by atoms with Gasteiger partial charge in [0.1, 0.15) is 12.4 Å². The van der Waals surface area contributed by atoms with Crippen LogP contribution in [0.4, 0.5) is 0 Å². The number of hydrogen-bond acceptors (Lipinski definition) is 3. The summed E-state index contributed by atoms with van der Waals surface area (Å²) in [7, 11) is 1.78. The van der Waals surface area contributed by atoms with Gasteiger partial charge in [-0.1, -0.05) is 18.7 Å². The summed E-state index contributed by atoms with van der Waals surface area (Å²) >= 11 is 0. The third kappa shape index (κ3) is 3.67. The number of hydrogen-bond donors (Lipinski definition) is 0. The van der Waals surface area contributed by atoms with Crippen molar-refractivity contribution in [2.24, 2.45) is 0 Å². The molecule has 1 aliphatic heterocycles. The smallest absolute Gasteiger partial charge is 0.254 e. The van der Waals surface area contributed by atoms with E-state index in [1.165, 1.54) is 0 Å². The second-order valence-electron chi connectivity index (χ2n) is 5.45. The van der Waals surface area contributed by atoms with E-state index in [4.69, 9.17) is 4.74 Å². The highest BCUT2D eigenvalue weighted by atomic mass is 16.5. The zero-order valence-corrected chi connectivity index (χ0v) is 13.1. The van der Waals surface area contributed by atoms with E-state index in [0.29, 0.717) is 31.0 Å². The van der Waals surface area contributed by atoms with Crippen LogP contribution < -0.4 is 4.74 Å². The maximum Gasteiger partial charge on any atom is 0.254 e. The second kappa shape index (κ2) is 7.11. The van der Waals surface area contributed by atoms with Crippen LogP contribution in [0.25, 0.3) is 0 Å². The minimum absolute atomic E-state index is 0.0245. The summed E-state index contributed by atoms with van der Waals surface area (Å²) in [5, 5.41) is 0. The Hall–Kier alpha value is -2.30. The van der Waals surface area contributed by atoms with Gasteiger partial charge in [-0.2, -0.15) is 0 Å². The fourth-order valence-corrected chi connectivity index (χ4v) is 2.56. The Morgan fingerprint density at radius 2 is 2.27 bits per heavy atom. The Labute approximate surface area is 131 Å².